The number of carbonyl (C=O) groups is 1. The van der Waals surface area contributed by atoms with E-state index in [2.05, 4.69) is 49.5 Å². The topological polar surface area (TPSA) is 63.1 Å². The Kier molecular flexibility index (Phi) is 5.13. The van der Waals surface area contributed by atoms with Crippen molar-refractivity contribution in [3.8, 4) is 0 Å². The summed E-state index contributed by atoms with van der Waals surface area (Å²) in [6.07, 6.45) is 5.60. The first-order valence-electron chi connectivity index (χ1n) is 10.5. The van der Waals surface area contributed by atoms with Gasteiger partial charge in [0.2, 0.25) is 0 Å². The number of hydrogen-bond acceptors (Lipinski definition) is 3. The minimum atomic E-state index is -0.503. The molecule has 146 valence electrons. The molecule has 0 aromatic heterocycles. The van der Waals surface area contributed by atoms with Crippen molar-refractivity contribution in [1.82, 2.24) is 0 Å². The van der Waals surface area contributed by atoms with E-state index in [1.165, 1.54) is 11.1 Å². The maximum absolute atomic E-state index is 12.6. The average molecular weight is 371 g/mol. The lowest BCUT2D eigenvalue weighted by molar-refractivity contribution is -0.659. The van der Waals surface area contributed by atoms with E-state index in [1.807, 2.05) is 6.07 Å². The third kappa shape index (κ3) is 3.23. The van der Waals surface area contributed by atoms with Gasteiger partial charge in [-0.25, -0.2) is 0 Å². The summed E-state index contributed by atoms with van der Waals surface area (Å²) in [6, 6.07) is 10.4. The zero-order chi connectivity index (χ0) is 19.0. The molecule has 3 N–H and O–H groups in total. The van der Waals surface area contributed by atoms with Gasteiger partial charge in [-0.1, -0.05) is 55.8 Å². The summed E-state index contributed by atoms with van der Waals surface area (Å²) in [7, 11) is 0. The number of quaternary nitrogens is 1. The van der Waals surface area contributed by atoms with Crippen molar-refractivity contribution in [2.24, 2.45) is 23.2 Å². The van der Waals surface area contributed by atoms with Crippen molar-refractivity contribution in [3.05, 3.63) is 47.5 Å². The number of rotatable bonds is 5. The van der Waals surface area contributed by atoms with Crippen molar-refractivity contribution >= 4 is 5.97 Å². The highest BCUT2D eigenvalue weighted by Crippen LogP contribution is 2.55. The Morgan fingerprint density at radius 2 is 2.07 bits per heavy atom. The predicted molar refractivity (Wildman–Crippen MR) is 104 cm³/mol. The molecule has 1 saturated carbocycles. The SMILES string of the molecule is C[C@@H]1CCC=C2C[C@H]3OC(=O)[C@@H](C[NH2+]CCc4ccccc4)[C@H]3[C@H](O)[C@@]21C. The molecule has 4 rings (SSSR count). The van der Waals surface area contributed by atoms with Gasteiger partial charge < -0.3 is 15.2 Å². The summed E-state index contributed by atoms with van der Waals surface area (Å²) < 4.78 is 5.73. The summed E-state index contributed by atoms with van der Waals surface area (Å²) in [4.78, 5) is 12.6. The highest BCUT2D eigenvalue weighted by Gasteiger charge is 2.60. The first kappa shape index (κ1) is 18.7. The molecule has 1 aromatic carbocycles. The smallest absolute Gasteiger partial charge is 0.315 e. The van der Waals surface area contributed by atoms with Gasteiger partial charge in [0, 0.05) is 24.2 Å². The quantitative estimate of drug-likeness (QED) is 0.474. The van der Waals surface area contributed by atoms with Crippen LogP contribution in [0.15, 0.2) is 42.0 Å². The summed E-state index contributed by atoms with van der Waals surface area (Å²) in [6.45, 7) is 6.09. The molecule has 1 heterocycles. The Balaban J connectivity index is 1.43. The number of fused-ring (bicyclic) bond motifs is 2. The first-order valence-corrected chi connectivity index (χ1v) is 10.5. The fourth-order valence-electron chi connectivity index (χ4n) is 5.54. The molecule has 27 heavy (non-hydrogen) atoms. The van der Waals surface area contributed by atoms with Crippen LogP contribution in [0.3, 0.4) is 0 Å². The van der Waals surface area contributed by atoms with Gasteiger partial charge in [-0.3, -0.25) is 4.79 Å². The van der Waals surface area contributed by atoms with E-state index in [-0.39, 0.29) is 29.3 Å². The standard InChI is InChI=1S/C23H31NO3/c1-15-7-6-10-17-13-19-20(21(25)23(15,17)2)18(22(26)27-19)14-24-12-11-16-8-4-3-5-9-16/h3-5,8-10,15,18-21,24-25H,6-7,11-14H2,1-2H3/p+1/t15-,18+,19-,20-,21+,23-/m1/s1. The lowest BCUT2D eigenvalue weighted by Crippen LogP contribution is -2.86. The second-order valence-corrected chi connectivity index (χ2v) is 8.85. The fourth-order valence-corrected chi connectivity index (χ4v) is 5.54. The number of nitrogens with two attached hydrogens (primary N) is 1. The number of allylic oxidation sites excluding steroid dienone is 1. The van der Waals surface area contributed by atoms with E-state index < -0.39 is 6.10 Å². The Hall–Kier alpha value is -1.65. The zero-order valence-corrected chi connectivity index (χ0v) is 16.4. The van der Waals surface area contributed by atoms with Crippen LogP contribution in [0.5, 0.6) is 0 Å². The summed E-state index contributed by atoms with van der Waals surface area (Å²) in [5.41, 5.74) is 2.41. The van der Waals surface area contributed by atoms with E-state index in [0.717, 1.165) is 32.2 Å². The van der Waals surface area contributed by atoms with Crippen LogP contribution in [0.1, 0.15) is 38.7 Å². The van der Waals surface area contributed by atoms with Gasteiger partial charge in [-0.15, -0.1) is 0 Å². The predicted octanol–water partition coefficient (Wildman–Crippen LogP) is 2.08. The van der Waals surface area contributed by atoms with Gasteiger partial charge in [-0.05, 0) is 24.3 Å². The minimum absolute atomic E-state index is 0.0758. The van der Waals surface area contributed by atoms with E-state index in [9.17, 15) is 9.90 Å². The van der Waals surface area contributed by atoms with Crippen LogP contribution in [0, 0.1) is 23.2 Å². The van der Waals surface area contributed by atoms with Gasteiger partial charge in [0.25, 0.3) is 0 Å². The molecular weight excluding hydrogens is 338 g/mol. The van der Waals surface area contributed by atoms with Crippen LogP contribution >= 0.6 is 0 Å². The zero-order valence-electron chi connectivity index (χ0n) is 16.4. The van der Waals surface area contributed by atoms with Crippen LogP contribution in [0.25, 0.3) is 0 Å². The summed E-state index contributed by atoms with van der Waals surface area (Å²) in [5, 5.41) is 13.6. The molecule has 1 aromatic rings. The third-order valence-corrected chi connectivity index (χ3v) is 7.47. The van der Waals surface area contributed by atoms with Gasteiger partial charge in [0.05, 0.1) is 19.2 Å². The second kappa shape index (κ2) is 7.40. The van der Waals surface area contributed by atoms with E-state index >= 15 is 0 Å². The number of hydrogen-bond donors (Lipinski definition) is 2. The monoisotopic (exact) mass is 370 g/mol. The van der Waals surface area contributed by atoms with Crippen molar-refractivity contribution in [3.63, 3.8) is 0 Å². The summed E-state index contributed by atoms with van der Waals surface area (Å²) in [5.74, 6) is 0.0452. The maximum atomic E-state index is 12.6. The Morgan fingerprint density at radius 1 is 1.30 bits per heavy atom. The first-order chi connectivity index (χ1) is 13.0. The number of aliphatic hydroxyl groups is 1. The molecule has 3 aliphatic rings. The summed E-state index contributed by atoms with van der Waals surface area (Å²) >= 11 is 0. The average Bonchev–Trinajstić information content (AvgIpc) is 2.98. The molecular formula is C23H32NO3+. The molecule has 2 fully saturated rings. The maximum Gasteiger partial charge on any atom is 0.315 e. The highest BCUT2D eigenvalue weighted by atomic mass is 16.6. The Morgan fingerprint density at radius 3 is 2.85 bits per heavy atom. The molecule has 0 unspecified atom stereocenters. The second-order valence-electron chi connectivity index (χ2n) is 8.85. The number of esters is 1. The fraction of sp³-hybridized carbons (Fsp3) is 0.609. The van der Waals surface area contributed by atoms with Crippen molar-refractivity contribution < 1.29 is 20.0 Å². The van der Waals surface area contributed by atoms with Gasteiger partial charge >= 0.3 is 5.97 Å². The molecule has 1 saturated heterocycles. The molecule has 0 bridgehead atoms. The van der Waals surface area contributed by atoms with E-state index in [1.54, 1.807) is 0 Å². The Bertz CT molecular complexity index is 716. The number of benzene rings is 1. The molecule has 2 aliphatic carbocycles. The van der Waals surface area contributed by atoms with Crippen molar-refractivity contribution in [2.45, 2.75) is 51.7 Å². The van der Waals surface area contributed by atoms with Crippen LogP contribution in [0.2, 0.25) is 0 Å². The van der Waals surface area contributed by atoms with Crippen LogP contribution in [-0.2, 0) is 16.0 Å². The van der Waals surface area contributed by atoms with E-state index in [0.29, 0.717) is 12.5 Å². The van der Waals surface area contributed by atoms with Gasteiger partial charge in [-0.2, -0.15) is 0 Å². The Labute approximate surface area is 162 Å². The normalized spacial score (nSPS) is 38.0. The van der Waals surface area contributed by atoms with Gasteiger partial charge in [0.15, 0.2) is 0 Å². The van der Waals surface area contributed by atoms with Crippen LogP contribution < -0.4 is 5.32 Å². The number of aliphatic hydroxyl groups excluding tert-OH is 1. The van der Waals surface area contributed by atoms with E-state index in [4.69, 9.17) is 4.74 Å². The minimum Gasteiger partial charge on any atom is -0.461 e. The van der Waals surface area contributed by atoms with Crippen molar-refractivity contribution in [1.29, 1.82) is 0 Å². The molecule has 0 spiro atoms. The lowest BCUT2D eigenvalue weighted by Gasteiger charge is -2.51. The molecule has 6 atom stereocenters. The molecule has 4 heteroatoms. The molecule has 0 radical (unpaired) electrons. The molecule has 0 amide bonds. The van der Waals surface area contributed by atoms with Crippen molar-refractivity contribution in [2.75, 3.05) is 13.1 Å². The molecule has 4 nitrogen and oxygen atoms in total. The van der Waals surface area contributed by atoms with Crippen LogP contribution in [-0.4, -0.2) is 36.4 Å². The highest BCUT2D eigenvalue weighted by molar-refractivity contribution is 5.76. The third-order valence-electron chi connectivity index (χ3n) is 7.47. The lowest BCUT2D eigenvalue weighted by atomic mass is 9.55. The van der Waals surface area contributed by atoms with Gasteiger partial charge in [0.1, 0.15) is 12.0 Å². The molecule has 1 aliphatic heterocycles. The van der Waals surface area contributed by atoms with Crippen LogP contribution in [0.4, 0.5) is 0 Å². The largest absolute Gasteiger partial charge is 0.461 e. The number of ether oxygens (including phenoxy) is 1. The number of carbonyl (C=O) groups excluding carboxylic acids is 1.